The van der Waals surface area contributed by atoms with Crippen LogP contribution < -0.4 is 16.0 Å². The predicted octanol–water partition coefficient (Wildman–Crippen LogP) is 4.44. The Bertz CT molecular complexity index is 1260. The lowest BCUT2D eigenvalue weighted by Gasteiger charge is -2.11. The minimum Gasteiger partial charge on any atom is -0.459 e. The molecule has 0 aliphatic rings. The van der Waals surface area contributed by atoms with Gasteiger partial charge in [-0.1, -0.05) is 48.5 Å². The summed E-state index contributed by atoms with van der Waals surface area (Å²) in [5.74, 6) is -0.908. The van der Waals surface area contributed by atoms with E-state index in [0.29, 0.717) is 11.3 Å². The number of amides is 3. The van der Waals surface area contributed by atoms with Crippen molar-refractivity contribution in [2.75, 3.05) is 17.2 Å². The molecule has 7 nitrogen and oxygen atoms in total. The number of carbonyl (C=O) groups excluding carboxylic acids is 3. The lowest BCUT2D eigenvalue weighted by atomic mass is 10.1. The summed E-state index contributed by atoms with van der Waals surface area (Å²) in [5, 5.41) is 10.3. The van der Waals surface area contributed by atoms with Gasteiger partial charge < -0.3 is 20.4 Å². The largest absolute Gasteiger partial charge is 0.459 e. The third-order valence-corrected chi connectivity index (χ3v) is 4.87. The number of fused-ring (bicyclic) bond motifs is 1. The maximum absolute atomic E-state index is 12.6. The summed E-state index contributed by atoms with van der Waals surface area (Å²) in [6, 6.07) is 23.3. The molecular weight excluding hydrogens is 406 g/mol. The second-order valence-electron chi connectivity index (χ2n) is 7.06. The minimum atomic E-state index is -0.454. The van der Waals surface area contributed by atoms with Crippen LogP contribution in [0.2, 0.25) is 0 Å². The van der Waals surface area contributed by atoms with Crippen LogP contribution in [0.25, 0.3) is 10.8 Å². The maximum atomic E-state index is 12.6. The van der Waals surface area contributed by atoms with Crippen molar-refractivity contribution >= 4 is 39.9 Å². The summed E-state index contributed by atoms with van der Waals surface area (Å²) < 4.78 is 5.08. The van der Waals surface area contributed by atoms with Crippen molar-refractivity contribution in [1.29, 1.82) is 0 Å². The molecule has 0 spiro atoms. The molecule has 0 saturated heterocycles. The first kappa shape index (κ1) is 20.9. The molecule has 7 heteroatoms. The molecule has 4 aromatic rings. The van der Waals surface area contributed by atoms with E-state index in [4.69, 9.17) is 4.42 Å². The van der Waals surface area contributed by atoms with Crippen molar-refractivity contribution in [3.63, 3.8) is 0 Å². The Balaban J connectivity index is 1.34. The van der Waals surface area contributed by atoms with Crippen LogP contribution in [0.15, 0.2) is 89.5 Å². The molecule has 4 rings (SSSR count). The van der Waals surface area contributed by atoms with Crippen LogP contribution >= 0.6 is 0 Å². The number of furan rings is 1. The first-order valence-electron chi connectivity index (χ1n) is 10.1. The van der Waals surface area contributed by atoms with E-state index in [0.717, 1.165) is 16.5 Å². The number of nitrogens with one attached hydrogen (secondary N) is 3. The summed E-state index contributed by atoms with van der Waals surface area (Å²) in [4.78, 5) is 37.2. The van der Waals surface area contributed by atoms with Gasteiger partial charge in [0.2, 0.25) is 5.91 Å². The first-order chi connectivity index (χ1) is 15.6. The molecule has 160 valence electrons. The second-order valence-corrected chi connectivity index (χ2v) is 7.06. The maximum Gasteiger partial charge on any atom is 0.291 e. The smallest absolute Gasteiger partial charge is 0.291 e. The quantitative estimate of drug-likeness (QED) is 0.406. The fourth-order valence-electron chi connectivity index (χ4n) is 3.31. The number of para-hydroxylation sites is 1. The molecule has 0 saturated carbocycles. The lowest BCUT2D eigenvalue weighted by Crippen LogP contribution is -2.28. The predicted molar refractivity (Wildman–Crippen MR) is 123 cm³/mol. The highest BCUT2D eigenvalue weighted by atomic mass is 16.3. The zero-order chi connectivity index (χ0) is 22.3. The minimum absolute atomic E-state index is 0.107. The molecule has 3 amide bonds. The van der Waals surface area contributed by atoms with Crippen LogP contribution in [0, 0.1) is 0 Å². The fraction of sp³-hybridized carbons (Fsp3) is 0.0800. The highest BCUT2D eigenvalue weighted by Gasteiger charge is 2.15. The van der Waals surface area contributed by atoms with Gasteiger partial charge in [-0.2, -0.15) is 0 Å². The Morgan fingerprint density at radius 3 is 2.31 bits per heavy atom. The van der Waals surface area contributed by atoms with E-state index in [-0.39, 0.29) is 24.6 Å². The highest BCUT2D eigenvalue weighted by molar-refractivity contribution is 6.08. The Labute approximate surface area is 184 Å². The van der Waals surface area contributed by atoms with Gasteiger partial charge in [-0.05, 0) is 35.7 Å². The van der Waals surface area contributed by atoms with E-state index in [1.807, 2.05) is 42.5 Å². The van der Waals surface area contributed by atoms with Crippen LogP contribution in [-0.4, -0.2) is 24.3 Å². The second kappa shape index (κ2) is 9.61. The number of hydrogen-bond acceptors (Lipinski definition) is 4. The van der Waals surface area contributed by atoms with Gasteiger partial charge >= 0.3 is 0 Å². The van der Waals surface area contributed by atoms with Gasteiger partial charge in [0.15, 0.2) is 5.76 Å². The van der Waals surface area contributed by atoms with Crippen LogP contribution in [0.4, 0.5) is 11.4 Å². The average Bonchev–Trinajstić information content (AvgIpc) is 3.35. The summed E-state index contributed by atoms with van der Waals surface area (Å²) in [6.07, 6.45) is 1.51. The van der Waals surface area contributed by atoms with Crippen molar-refractivity contribution in [2.45, 2.75) is 6.42 Å². The molecule has 3 aromatic carbocycles. The van der Waals surface area contributed by atoms with Gasteiger partial charge in [0.05, 0.1) is 17.5 Å². The molecule has 0 aliphatic carbocycles. The molecule has 0 radical (unpaired) electrons. The summed E-state index contributed by atoms with van der Waals surface area (Å²) in [7, 11) is 0. The Morgan fingerprint density at radius 2 is 1.47 bits per heavy atom. The standard InChI is InChI=1S/C25H21N3O4/c29-23(27-20-12-5-8-17-7-1-2-9-18(17)20)14-15-26-24(30)19-10-3-4-11-21(19)28-25(31)22-13-6-16-32-22/h1-13,16H,14-15H2,(H,26,30)(H,27,29)(H,28,31). The summed E-state index contributed by atoms with van der Waals surface area (Å²) in [5.41, 5.74) is 1.37. The summed E-state index contributed by atoms with van der Waals surface area (Å²) >= 11 is 0. The number of hydrogen-bond donors (Lipinski definition) is 3. The van der Waals surface area contributed by atoms with Gasteiger partial charge in [0, 0.05) is 24.0 Å². The molecule has 32 heavy (non-hydrogen) atoms. The lowest BCUT2D eigenvalue weighted by molar-refractivity contribution is -0.116. The molecule has 0 aliphatic heterocycles. The molecule has 3 N–H and O–H groups in total. The van der Waals surface area contributed by atoms with E-state index in [1.54, 1.807) is 30.3 Å². The molecule has 1 heterocycles. The van der Waals surface area contributed by atoms with Crippen molar-refractivity contribution in [3.05, 3.63) is 96.4 Å². The molecule has 0 fully saturated rings. The summed E-state index contributed by atoms with van der Waals surface area (Å²) in [6.45, 7) is 0.149. The zero-order valence-corrected chi connectivity index (χ0v) is 17.1. The highest BCUT2D eigenvalue weighted by Crippen LogP contribution is 2.23. The monoisotopic (exact) mass is 427 g/mol. The third-order valence-electron chi connectivity index (χ3n) is 4.87. The van der Waals surface area contributed by atoms with Crippen molar-refractivity contribution in [2.24, 2.45) is 0 Å². The molecule has 0 atom stereocenters. The molecule has 0 unspecified atom stereocenters. The Kier molecular flexibility index (Phi) is 6.27. The van der Waals surface area contributed by atoms with E-state index in [1.165, 1.54) is 12.3 Å². The van der Waals surface area contributed by atoms with Gasteiger partial charge in [-0.15, -0.1) is 0 Å². The van der Waals surface area contributed by atoms with Crippen LogP contribution in [0.1, 0.15) is 27.3 Å². The van der Waals surface area contributed by atoms with E-state index >= 15 is 0 Å². The van der Waals surface area contributed by atoms with E-state index < -0.39 is 11.8 Å². The van der Waals surface area contributed by atoms with Crippen molar-refractivity contribution in [1.82, 2.24) is 5.32 Å². The number of rotatable bonds is 7. The zero-order valence-electron chi connectivity index (χ0n) is 17.1. The normalized spacial score (nSPS) is 10.5. The third kappa shape index (κ3) is 4.84. The topological polar surface area (TPSA) is 100 Å². The van der Waals surface area contributed by atoms with Gasteiger partial charge in [-0.25, -0.2) is 0 Å². The fourth-order valence-corrected chi connectivity index (χ4v) is 3.31. The molecule has 0 bridgehead atoms. The van der Waals surface area contributed by atoms with Crippen molar-refractivity contribution < 1.29 is 18.8 Å². The molecular formula is C25H21N3O4. The molecule has 1 aromatic heterocycles. The van der Waals surface area contributed by atoms with Gasteiger partial charge in [-0.3, -0.25) is 14.4 Å². The van der Waals surface area contributed by atoms with Crippen molar-refractivity contribution in [3.8, 4) is 0 Å². The number of anilines is 2. The first-order valence-corrected chi connectivity index (χ1v) is 10.1. The van der Waals surface area contributed by atoms with E-state index in [2.05, 4.69) is 16.0 Å². The Hall–Kier alpha value is -4.39. The average molecular weight is 427 g/mol. The van der Waals surface area contributed by atoms with Crippen LogP contribution in [-0.2, 0) is 4.79 Å². The number of benzene rings is 3. The number of carbonyl (C=O) groups is 3. The van der Waals surface area contributed by atoms with Gasteiger partial charge in [0.25, 0.3) is 11.8 Å². The van der Waals surface area contributed by atoms with Crippen LogP contribution in [0.3, 0.4) is 0 Å². The Morgan fingerprint density at radius 1 is 0.719 bits per heavy atom. The van der Waals surface area contributed by atoms with Gasteiger partial charge in [0.1, 0.15) is 0 Å². The van der Waals surface area contributed by atoms with Crippen LogP contribution in [0.5, 0.6) is 0 Å². The van der Waals surface area contributed by atoms with E-state index in [9.17, 15) is 14.4 Å². The SMILES string of the molecule is O=C(CCNC(=O)c1ccccc1NC(=O)c1ccco1)Nc1cccc2ccccc12.